The molecule has 0 N–H and O–H groups in total. The summed E-state index contributed by atoms with van der Waals surface area (Å²) in [6, 6.07) is 2.48. The summed E-state index contributed by atoms with van der Waals surface area (Å²) in [4.78, 5) is 1.34. The Bertz CT molecular complexity index is 543. The van der Waals surface area contributed by atoms with Crippen molar-refractivity contribution < 1.29 is 0 Å². The molecule has 0 amide bonds. The van der Waals surface area contributed by atoms with Gasteiger partial charge in [0, 0.05) is 4.90 Å². The molecule has 1 aromatic rings. The van der Waals surface area contributed by atoms with Gasteiger partial charge in [0.25, 0.3) is 0 Å². The molecule has 2 saturated carbocycles. The topological polar surface area (TPSA) is 0 Å². The van der Waals surface area contributed by atoms with E-state index in [0.717, 1.165) is 23.7 Å². The second kappa shape index (κ2) is 3.81. The van der Waals surface area contributed by atoms with E-state index in [4.69, 9.17) is 12.6 Å². The Morgan fingerprint density at radius 1 is 0.632 bits per heavy atom. The predicted octanol–water partition coefficient (Wildman–Crippen LogP) is 5.48. The molecule has 0 unspecified atom stereocenters. The minimum Gasteiger partial charge on any atom is -0.143 e. The van der Waals surface area contributed by atoms with Gasteiger partial charge in [-0.25, -0.2) is 0 Å². The predicted molar refractivity (Wildman–Crippen MR) is 81.6 cm³/mol. The van der Waals surface area contributed by atoms with Crippen LogP contribution in [-0.2, 0) is 0 Å². The summed E-state index contributed by atoms with van der Waals surface area (Å²) in [5, 5.41) is 0. The van der Waals surface area contributed by atoms with Crippen molar-refractivity contribution in [3.8, 4) is 0 Å². The Balaban J connectivity index is 1.83. The molecule has 2 fully saturated rings. The summed E-state index contributed by atoms with van der Waals surface area (Å²) in [7, 11) is 0. The van der Waals surface area contributed by atoms with Gasteiger partial charge >= 0.3 is 0 Å². The molecule has 0 heterocycles. The average Bonchev–Trinajstić information content (AvgIpc) is 2.49. The molecule has 0 atom stereocenters. The third-order valence-corrected chi connectivity index (χ3v) is 6.95. The van der Waals surface area contributed by atoms with E-state index < -0.39 is 0 Å². The van der Waals surface area contributed by atoms with Crippen LogP contribution in [0.2, 0.25) is 0 Å². The second-order valence-electron chi connectivity index (χ2n) is 7.32. The molecule has 1 heteroatoms. The van der Waals surface area contributed by atoms with Gasteiger partial charge in [0.1, 0.15) is 0 Å². The molecular formula is C18H22S. The maximum atomic E-state index is 4.90. The fourth-order valence-corrected chi connectivity index (χ4v) is 6.21. The van der Waals surface area contributed by atoms with Gasteiger partial charge in [-0.3, -0.25) is 0 Å². The first-order valence-corrected chi connectivity index (χ1v) is 8.67. The molecule has 6 aliphatic rings. The molecule has 0 aliphatic heterocycles. The molecular weight excluding hydrogens is 248 g/mol. The minimum atomic E-state index is 0.846. The molecule has 7 rings (SSSR count). The van der Waals surface area contributed by atoms with Crippen molar-refractivity contribution in [3.05, 3.63) is 28.3 Å². The lowest BCUT2D eigenvalue weighted by atomic mass is 9.58. The lowest BCUT2D eigenvalue weighted by Crippen LogP contribution is -2.30. The summed E-state index contributed by atoms with van der Waals surface area (Å²) in [6.07, 6.45) is 11.6. The first-order chi connectivity index (χ1) is 9.33. The fraction of sp³-hybridized carbons (Fsp3) is 0.667. The maximum Gasteiger partial charge on any atom is 0.00807 e. The minimum absolute atomic E-state index is 0.846. The van der Waals surface area contributed by atoms with Gasteiger partial charge in [0.05, 0.1) is 0 Å². The zero-order chi connectivity index (χ0) is 12.6. The summed E-state index contributed by atoms with van der Waals surface area (Å²) < 4.78 is 0. The van der Waals surface area contributed by atoms with Crippen LogP contribution in [0.1, 0.15) is 97.3 Å². The van der Waals surface area contributed by atoms with Crippen LogP contribution in [0.3, 0.4) is 0 Å². The van der Waals surface area contributed by atoms with Crippen LogP contribution in [0, 0.1) is 0 Å². The molecule has 0 aromatic heterocycles. The summed E-state index contributed by atoms with van der Waals surface area (Å²) in [5.41, 5.74) is 7.07. The van der Waals surface area contributed by atoms with Crippen molar-refractivity contribution in [2.75, 3.05) is 0 Å². The summed E-state index contributed by atoms with van der Waals surface area (Å²) in [6.45, 7) is 0. The highest BCUT2D eigenvalue weighted by Crippen LogP contribution is 2.59. The van der Waals surface area contributed by atoms with E-state index in [0.29, 0.717) is 0 Å². The van der Waals surface area contributed by atoms with E-state index in [9.17, 15) is 0 Å². The summed E-state index contributed by atoms with van der Waals surface area (Å²) >= 11 is 4.90. The molecule has 1 aromatic carbocycles. The standard InChI is InChI=1S/C18H22S/c19-15-9-14-10-1-3-11(4-2-10)16(14)18-13-7-5-12(6-8-13)17(15)18/h9-13,19H,1-8H2. The van der Waals surface area contributed by atoms with Gasteiger partial charge < -0.3 is 0 Å². The van der Waals surface area contributed by atoms with Crippen molar-refractivity contribution in [1.82, 2.24) is 0 Å². The number of rotatable bonds is 0. The lowest BCUT2D eigenvalue weighted by Gasteiger charge is -2.47. The van der Waals surface area contributed by atoms with E-state index >= 15 is 0 Å². The van der Waals surface area contributed by atoms with Gasteiger partial charge in [-0.05, 0) is 103 Å². The first-order valence-electron chi connectivity index (χ1n) is 8.22. The van der Waals surface area contributed by atoms with Gasteiger partial charge in [-0.2, -0.15) is 0 Å². The van der Waals surface area contributed by atoms with Crippen LogP contribution in [0.5, 0.6) is 0 Å². The van der Waals surface area contributed by atoms with Gasteiger partial charge in [0.15, 0.2) is 0 Å². The zero-order valence-electron chi connectivity index (χ0n) is 11.5. The van der Waals surface area contributed by atoms with E-state index in [1.165, 1.54) is 56.3 Å². The Morgan fingerprint density at radius 3 is 1.74 bits per heavy atom. The maximum absolute atomic E-state index is 4.90. The highest BCUT2D eigenvalue weighted by molar-refractivity contribution is 7.80. The first kappa shape index (κ1) is 11.3. The van der Waals surface area contributed by atoms with E-state index in [-0.39, 0.29) is 0 Å². The van der Waals surface area contributed by atoms with Crippen LogP contribution >= 0.6 is 12.6 Å². The molecule has 0 radical (unpaired) electrons. The third kappa shape index (κ3) is 1.38. The van der Waals surface area contributed by atoms with Crippen LogP contribution in [0.4, 0.5) is 0 Å². The largest absolute Gasteiger partial charge is 0.143 e. The van der Waals surface area contributed by atoms with Gasteiger partial charge in [-0.1, -0.05) is 0 Å². The van der Waals surface area contributed by atoms with E-state index in [1.54, 1.807) is 11.1 Å². The Labute approximate surface area is 121 Å². The molecule has 6 aliphatic carbocycles. The molecule has 100 valence electrons. The van der Waals surface area contributed by atoms with Gasteiger partial charge in [0.2, 0.25) is 0 Å². The highest BCUT2D eigenvalue weighted by atomic mass is 32.1. The molecule has 19 heavy (non-hydrogen) atoms. The fourth-order valence-electron chi connectivity index (χ4n) is 5.77. The van der Waals surface area contributed by atoms with E-state index in [1.807, 2.05) is 11.1 Å². The van der Waals surface area contributed by atoms with Crippen LogP contribution in [-0.4, -0.2) is 0 Å². The molecule has 0 spiro atoms. The van der Waals surface area contributed by atoms with Crippen LogP contribution < -0.4 is 0 Å². The average molecular weight is 270 g/mol. The zero-order valence-corrected chi connectivity index (χ0v) is 12.4. The van der Waals surface area contributed by atoms with Crippen molar-refractivity contribution in [2.24, 2.45) is 0 Å². The smallest absolute Gasteiger partial charge is 0.00807 e. The van der Waals surface area contributed by atoms with Gasteiger partial charge in [-0.15, -0.1) is 12.6 Å². The number of hydrogen-bond donors (Lipinski definition) is 1. The summed E-state index contributed by atoms with van der Waals surface area (Å²) in [5.74, 6) is 3.51. The Kier molecular flexibility index (Phi) is 2.26. The lowest BCUT2D eigenvalue weighted by molar-refractivity contribution is 0.322. The number of benzene rings is 1. The third-order valence-electron chi connectivity index (χ3n) is 6.58. The van der Waals surface area contributed by atoms with Crippen molar-refractivity contribution >= 4 is 12.6 Å². The molecule has 4 bridgehead atoms. The Morgan fingerprint density at radius 2 is 1.11 bits per heavy atom. The SMILES string of the molecule is Sc1cc2c(c3c1C1CCC3CC1)C1CCC2CC1. The van der Waals surface area contributed by atoms with Crippen molar-refractivity contribution in [2.45, 2.75) is 79.9 Å². The molecule has 0 saturated heterocycles. The number of hydrogen-bond acceptors (Lipinski definition) is 1. The molecule has 0 nitrogen and oxygen atoms in total. The number of fused-ring (bicyclic) bond motifs is 4. The monoisotopic (exact) mass is 270 g/mol. The normalized spacial score (nSPS) is 38.2. The highest BCUT2D eigenvalue weighted by Gasteiger charge is 2.42. The Hall–Kier alpha value is -0.430. The van der Waals surface area contributed by atoms with Crippen LogP contribution in [0.25, 0.3) is 0 Å². The van der Waals surface area contributed by atoms with Crippen molar-refractivity contribution in [1.29, 1.82) is 0 Å². The van der Waals surface area contributed by atoms with Crippen molar-refractivity contribution in [3.63, 3.8) is 0 Å². The van der Waals surface area contributed by atoms with Crippen LogP contribution in [0.15, 0.2) is 11.0 Å². The number of thiol groups is 1. The second-order valence-corrected chi connectivity index (χ2v) is 7.80. The van der Waals surface area contributed by atoms with E-state index in [2.05, 4.69) is 6.07 Å². The quantitative estimate of drug-likeness (QED) is 0.592.